The molecule has 0 amide bonds. The molecule has 1 aliphatic carbocycles. The van der Waals surface area contributed by atoms with Crippen LogP contribution in [0.5, 0.6) is 0 Å². The normalized spacial score (nSPS) is 18.6. The van der Waals surface area contributed by atoms with Crippen molar-refractivity contribution in [2.24, 2.45) is 0 Å². The second-order valence-corrected chi connectivity index (χ2v) is 11.6. The lowest BCUT2D eigenvalue weighted by Crippen LogP contribution is -2.56. The standard InChI is InChI=1S/C33H37N5O2/c1-5-36(6-2)11-7-8-23-17-26-27(18-29(23)38-14-12-37(13-15-38)24-20-40-21-24)33(3,4)32-30(31(26)39)25-10-9-22(19-34)16-28(25)35-32/h9-10,16-18,24,35H,5-6,11-15,20-21H2,1-4H3. The number of hydrogen-bond acceptors (Lipinski definition) is 6. The SMILES string of the molecule is CCN(CC)CC#Cc1cc2c(cc1N1CCN(C3COC3)CC1)C(C)(C)c1[nH]c3cc(C#N)ccc3c1C2=O. The topological polar surface area (TPSA) is 75.6 Å². The van der Waals surface area contributed by atoms with E-state index in [1.165, 1.54) is 0 Å². The third-order valence-electron chi connectivity index (χ3n) is 9.05. The first kappa shape index (κ1) is 26.6. The van der Waals surface area contributed by atoms with Crippen LogP contribution >= 0.6 is 0 Å². The minimum absolute atomic E-state index is 0.0217. The Kier molecular flexibility index (Phi) is 6.92. The summed E-state index contributed by atoms with van der Waals surface area (Å²) >= 11 is 0. The van der Waals surface area contributed by atoms with E-state index in [0.717, 1.165) is 91.5 Å². The van der Waals surface area contributed by atoms with Gasteiger partial charge >= 0.3 is 0 Å². The lowest BCUT2D eigenvalue weighted by Gasteiger charge is -2.43. The molecule has 0 spiro atoms. The van der Waals surface area contributed by atoms with Gasteiger partial charge in [-0.25, -0.2) is 0 Å². The van der Waals surface area contributed by atoms with Gasteiger partial charge in [0.15, 0.2) is 5.78 Å². The molecule has 1 N–H and O–H groups in total. The van der Waals surface area contributed by atoms with Gasteiger partial charge in [-0.1, -0.05) is 45.6 Å². The van der Waals surface area contributed by atoms with E-state index < -0.39 is 5.41 Å². The van der Waals surface area contributed by atoms with E-state index in [9.17, 15) is 10.1 Å². The number of piperazine rings is 1. The fourth-order valence-corrected chi connectivity index (χ4v) is 6.35. The van der Waals surface area contributed by atoms with Crippen molar-refractivity contribution in [2.45, 2.75) is 39.2 Å². The van der Waals surface area contributed by atoms with Crippen LogP contribution in [0.1, 0.15) is 66.0 Å². The average molecular weight is 536 g/mol. The molecule has 0 radical (unpaired) electrons. The molecule has 7 nitrogen and oxygen atoms in total. The average Bonchev–Trinajstić information content (AvgIpc) is 3.33. The zero-order chi connectivity index (χ0) is 28.0. The minimum atomic E-state index is -0.419. The van der Waals surface area contributed by atoms with Gasteiger partial charge in [0.25, 0.3) is 0 Å². The molecule has 6 rings (SSSR count). The van der Waals surface area contributed by atoms with Crippen molar-refractivity contribution in [1.29, 1.82) is 5.26 Å². The number of nitriles is 1. The molecule has 2 fully saturated rings. The highest BCUT2D eigenvalue weighted by atomic mass is 16.5. The van der Waals surface area contributed by atoms with Gasteiger partial charge in [-0.05, 0) is 42.9 Å². The number of carbonyl (C=O) groups excluding carboxylic acids is 1. The van der Waals surface area contributed by atoms with E-state index in [1.807, 2.05) is 18.2 Å². The number of ketones is 1. The summed E-state index contributed by atoms with van der Waals surface area (Å²) in [5.74, 6) is 6.89. The Morgan fingerprint density at radius 3 is 2.50 bits per heavy atom. The third kappa shape index (κ3) is 4.39. The van der Waals surface area contributed by atoms with Gasteiger partial charge in [0.2, 0.25) is 0 Å². The smallest absolute Gasteiger partial charge is 0.195 e. The first-order chi connectivity index (χ1) is 19.3. The van der Waals surface area contributed by atoms with Gasteiger partial charge in [0.05, 0.1) is 48.7 Å². The van der Waals surface area contributed by atoms with Gasteiger partial charge in [-0.15, -0.1) is 0 Å². The zero-order valence-corrected chi connectivity index (χ0v) is 23.9. The number of fused-ring (bicyclic) bond motifs is 4. The van der Waals surface area contributed by atoms with Gasteiger partial charge in [-0.2, -0.15) is 5.26 Å². The number of carbonyl (C=O) groups is 1. The Morgan fingerprint density at radius 2 is 1.85 bits per heavy atom. The van der Waals surface area contributed by atoms with Crippen LogP contribution in [0.3, 0.4) is 0 Å². The molecule has 1 aromatic heterocycles. The molecule has 0 unspecified atom stereocenters. The van der Waals surface area contributed by atoms with Gasteiger partial charge in [-0.3, -0.25) is 14.6 Å². The molecule has 0 bridgehead atoms. The predicted octanol–water partition coefficient (Wildman–Crippen LogP) is 4.12. The zero-order valence-electron chi connectivity index (χ0n) is 23.9. The highest BCUT2D eigenvalue weighted by Gasteiger charge is 2.41. The summed E-state index contributed by atoms with van der Waals surface area (Å²) in [7, 11) is 0. The Labute approximate surface area is 236 Å². The molecule has 2 aromatic carbocycles. The maximum Gasteiger partial charge on any atom is 0.195 e. The fourth-order valence-electron chi connectivity index (χ4n) is 6.35. The number of rotatable bonds is 5. The molecular formula is C33H37N5O2. The quantitative estimate of drug-likeness (QED) is 0.496. The molecule has 3 aliphatic rings. The van der Waals surface area contributed by atoms with E-state index in [2.05, 4.69) is 71.4 Å². The first-order valence-corrected chi connectivity index (χ1v) is 14.4. The minimum Gasteiger partial charge on any atom is -0.378 e. The Hall–Kier alpha value is -3.62. The number of ether oxygens (including phenoxy) is 1. The van der Waals surface area contributed by atoms with E-state index >= 15 is 0 Å². The van der Waals surface area contributed by atoms with Crippen LogP contribution in [0.2, 0.25) is 0 Å². The molecule has 3 aromatic rings. The lowest BCUT2D eigenvalue weighted by atomic mass is 9.70. The van der Waals surface area contributed by atoms with Crippen molar-refractivity contribution in [2.75, 3.05) is 63.9 Å². The largest absolute Gasteiger partial charge is 0.378 e. The van der Waals surface area contributed by atoms with Crippen LogP contribution in [0, 0.1) is 23.2 Å². The summed E-state index contributed by atoms with van der Waals surface area (Å²) in [5.41, 5.74) is 6.40. The molecule has 3 heterocycles. The number of nitrogens with one attached hydrogen (secondary N) is 1. The molecule has 2 saturated heterocycles. The Morgan fingerprint density at radius 1 is 1.10 bits per heavy atom. The first-order valence-electron chi connectivity index (χ1n) is 14.4. The lowest BCUT2D eigenvalue weighted by molar-refractivity contribution is -0.0660. The number of hydrogen-bond donors (Lipinski definition) is 1. The molecule has 7 heteroatoms. The van der Waals surface area contributed by atoms with E-state index in [0.29, 0.717) is 23.7 Å². The van der Waals surface area contributed by atoms with Crippen LogP contribution < -0.4 is 4.90 Å². The fraction of sp³-hybridized carbons (Fsp3) is 0.455. The molecule has 0 saturated carbocycles. The van der Waals surface area contributed by atoms with Crippen LogP contribution in [0.4, 0.5) is 5.69 Å². The second kappa shape index (κ2) is 10.4. The number of aromatic nitrogens is 1. The van der Waals surface area contributed by atoms with Crippen LogP contribution in [-0.4, -0.2) is 85.6 Å². The predicted molar refractivity (Wildman–Crippen MR) is 158 cm³/mol. The van der Waals surface area contributed by atoms with Crippen molar-refractivity contribution < 1.29 is 9.53 Å². The number of H-pyrrole nitrogens is 1. The highest BCUT2D eigenvalue weighted by Crippen LogP contribution is 2.45. The van der Waals surface area contributed by atoms with Crippen molar-refractivity contribution in [3.63, 3.8) is 0 Å². The molecule has 0 atom stereocenters. The van der Waals surface area contributed by atoms with E-state index in [1.54, 1.807) is 6.07 Å². The van der Waals surface area contributed by atoms with E-state index in [4.69, 9.17) is 4.74 Å². The Balaban J connectivity index is 1.44. The van der Waals surface area contributed by atoms with Crippen LogP contribution in [0.15, 0.2) is 30.3 Å². The monoisotopic (exact) mass is 535 g/mol. The van der Waals surface area contributed by atoms with Gasteiger partial charge < -0.3 is 14.6 Å². The van der Waals surface area contributed by atoms with Gasteiger partial charge in [0, 0.05) is 59.3 Å². The summed E-state index contributed by atoms with van der Waals surface area (Å²) in [4.78, 5) is 24.9. The number of nitrogens with zero attached hydrogens (tertiary/aromatic N) is 4. The van der Waals surface area contributed by atoms with E-state index in [-0.39, 0.29) is 5.78 Å². The maximum atomic E-state index is 14.1. The van der Waals surface area contributed by atoms with Crippen molar-refractivity contribution in [1.82, 2.24) is 14.8 Å². The molecule has 206 valence electrons. The summed E-state index contributed by atoms with van der Waals surface area (Å²) in [6.07, 6.45) is 0. The summed E-state index contributed by atoms with van der Waals surface area (Å²) in [5, 5.41) is 10.3. The molecule has 40 heavy (non-hydrogen) atoms. The third-order valence-corrected chi connectivity index (χ3v) is 9.05. The summed E-state index contributed by atoms with van der Waals surface area (Å²) in [6, 6.07) is 12.5. The van der Waals surface area contributed by atoms with Crippen molar-refractivity contribution in [3.8, 4) is 17.9 Å². The van der Waals surface area contributed by atoms with Gasteiger partial charge in [0.1, 0.15) is 0 Å². The molecule has 2 aliphatic heterocycles. The molecular weight excluding hydrogens is 498 g/mol. The highest BCUT2D eigenvalue weighted by molar-refractivity contribution is 6.20. The second-order valence-electron chi connectivity index (χ2n) is 11.6. The number of aromatic amines is 1. The van der Waals surface area contributed by atoms with Crippen molar-refractivity contribution in [3.05, 3.63) is 63.8 Å². The van der Waals surface area contributed by atoms with Crippen molar-refractivity contribution >= 4 is 22.4 Å². The summed E-state index contributed by atoms with van der Waals surface area (Å²) in [6.45, 7) is 16.8. The van der Waals surface area contributed by atoms with Crippen LogP contribution in [0.25, 0.3) is 10.9 Å². The number of benzene rings is 2. The van der Waals surface area contributed by atoms with Crippen LogP contribution in [-0.2, 0) is 10.2 Å². The Bertz CT molecular complexity index is 1570. The number of anilines is 1. The maximum absolute atomic E-state index is 14.1. The summed E-state index contributed by atoms with van der Waals surface area (Å²) < 4.78 is 5.43.